The number of alkyl halides is 3. The molecule has 106 valence electrons. The van der Waals surface area contributed by atoms with Gasteiger partial charge in [-0.05, 0) is 18.6 Å². The quantitative estimate of drug-likeness (QED) is 0.913. The van der Waals surface area contributed by atoms with Gasteiger partial charge in [-0.2, -0.15) is 13.2 Å². The van der Waals surface area contributed by atoms with E-state index in [1.54, 1.807) is 14.0 Å². The summed E-state index contributed by atoms with van der Waals surface area (Å²) in [7, 11) is 1.59. The first-order chi connectivity index (χ1) is 8.75. The van der Waals surface area contributed by atoms with E-state index in [0.717, 1.165) is 12.1 Å². The highest BCUT2D eigenvalue weighted by atomic mass is 19.4. The maximum Gasteiger partial charge on any atom is 0.416 e. The number of benzene rings is 1. The molecule has 1 aromatic carbocycles. The van der Waals surface area contributed by atoms with Crippen LogP contribution < -0.4 is 5.73 Å². The molecule has 0 aliphatic rings. The molecule has 3 nitrogen and oxygen atoms in total. The zero-order valence-electron chi connectivity index (χ0n) is 10.9. The van der Waals surface area contributed by atoms with Crippen molar-refractivity contribution in [2.24, 2.45) is 5.73 Å². The first-order valence-electron chi connectivity index (χ1n) is 5.87. The van der Waals surface area contributed by atoms with Gasteiger partial charge in [0.15, 0.2) is 0 Å². The molecule has 0 radical (unpaired) electrons. The predicted octanol–water partition coefficient (Wildman–Crippen LogP) is 2.05. The number of nitrogens with zero attached hydrogens (tertiary/aromatic N) is 1. The smallest absolute Gasteiger partial charge is 0.341 e. The van der Waals surface area contributed by atoms with Crippen molar-refractivity contribution >= 4 is 5.91 Å². The number of nitrogens with two attached hydrogens (primary N) is 1. The Morgan fingerprint density at radius 2 is 2.05 bits per heavy atom. The maximum atomic E-state index is 12.5. The van der Waals surface area contributed by atoms with E-state index in [-0.39, 0.29) is 18.4 Å². The Morgan fingerprint density at radius 3 is 2.58 bits per heavy atom. The molecule has 1 amide bonds. The Kier molecular flexibility index (Phi) is 4.94. The normalized spacial score (nSPS) is 13.2. The second-order valence-electron chi connectivity index (χ2n) is 4.46. The molecule has 2 N–H and O–H groups in total. The highest BCUT2D eigenvalue weighted by Gasteiger charge is 2.30. The molecular weight excluding hydrogens is 257 g/mol. The molecule has 0 saturated heterocycles. The van der Waals surface area contributed by atoms with Crippen LogP contribution in [0, 0.1) is 0 Å². The first kappa shape index (κ1) is 15.5. The van der Waals surface area contributed by atoms with E-state index in [2.05, 4.69) is 0 Å². The molecule has 0 spiro atoms. The lowest BCUT2D eigenvalue weighted by atomic mass is 10.1. The van der Waals surface area contributed by atoms with Crippen LogP contribution in [0.4, 0.5) is 13.2 Å². The standard InChI is InChI=1S/C13H17F3N2O/c1-9(8-17)18(2)12(19)7-10-4-3-5-11(6-10)13(14,15)16/h3-6,9H,7-8,17H2,1-2H3. The van der Waals surface area contributed by atoms with Crippen molar-refractivity contribution in [2.75, 3.05) is 13.6 Å². The van der Waals surface area contributed by atoms with E-state index < -0.39 is 11.7 Å². The number of halogens is 3. The Hall–Kier alpha value is -1.56. The first-order valence-corrected chi connectivity index (χ1v) is 5.87. The van der Waals surface area contributed by atoms with Crippen LogP contribution in [-0.4, -0.2) is 30.4 Å². The average molecular weight is 274 g/mol. The van der Waals surface area contributed by atoms with E-state index in [0.29, 0.717) is 12.1 Å². The third-order valence-corrected chi connectivity index (χ3v) is 3.01. The van der Waals surface area contributed by atoms with Crippen molar-refractivity contribution in [1.29, 1.82) is 0 Å². The SMILES string of the molecule is CC(CN)N(C)C(=O)Cc1cccc(C(F)(F)F)c1. The van der Waals surface area contributed by atoms with E-state index in [4.69, 9.17) is 5.73 Å². The Bertz CT molecular complexity index is 446. The lowest BCUT2D eigenvalue weighted by Crippen LogP contribution is -2.40. The predicted molar refractivity (Wildman–Crippen MR) is 66.4 cm³/mol. The summed E-state index contributed by atoms with van der Waals surface area (Å²) in [5.74, 6) is -0.253. The Balaban J connectivity index is 2.80. The van der Waals surface area contributed by atoms with Gasteiger partial charge in [-0.1, -0.05) is 18.2 Å². The number of carbonyl (C=O) groups excluding carboxylic acids is 1. The third kappa shape index (κ3) is 4.24. The highest BCUT2D eigenvalue weighted by Crippen LogP contribution is 2.29. The van der Waals surface area contributed by atoms with Gasteiger partial charge in [0.05, 0.1) is 12.0 Å². The number of amides is 1. The van der Waals surface area contributed by atoms with E-state index in [1.165, 1.54) is 17.0 Å². The number of likely N-dealkylation sites (N-methyl/N-ethyl adjacent to an activating group) is 1. The summed E-state index contributed by atoms with van der Waals surface area (Å²) in [4.78, 5) is 13.3. The summed E-state index contributed by atoms with van der Waals surface area (Å²) in [6.07, 6.45) is -4.46. The van der Waals surface area contributed by atoms with Gasteiger partial charge in [-0.15, -0.1) is 0 Å². The van der Waals surface area contributed by atoms with Crippen LogP contribution in [0.3, 0.4) is 0 Å². The monoisotopic (exact) mass is 274 g/mol. The van der Waals surface area contributed by atoms with Crippen molar-refractivity contribution in [3.63, 3.8) is 0 Å². The van der Waals surface area contributed by atoms with Gasteiger partial charge in [0, 0.05) is 19.6 Å². The van der Waals surface area contributed by atoms with Crippen molar-refractivity contribution in [3.8, 4) is 0 Å². The van der Waals surface area contributed by atoms with E-state index in [9.17, 15) is 18.0 Å². The summed E-state index contributed by atoms with van der Waals surface area (Å²) < 4.78 is 37.6. The lowest BCUT2D eigenvalue weighted by molar-refractivity contribution is -0.138. The summed E-state index contributed by atoms with van der Waals surface area (Å²) in [6, 6.07) is 4.66. The van der Waals surface area contributed by atoms with Crippen LogP contribution in [0.1, 0.15) is 18.1 Å². The molecule has 1 rings (SSSR count). The lowest BCUT2D eigenvalue weighted by Gasteiger charge is -2.23. The van der Waals surface area contributed by atoms with Crippen LogP contribution in [0.15, 0.2) is 24.3 Å². The summed E-state index contributed by atoms with van der Waals surface area (Å²) >= 11 is 0. The molecule has 1 atom stereocenters. The van der Waals surface area contributed by atoms with Gasteiger partial charge in [0.25, 0.3) is 0 Å². The highest BCUT2D eigenvalue weighted by molar-refractivity contribution is 5.78. The molecule has 0 aliphatic carbocycles. The molecule has 0 saturated carbocycles. The Morgan fingerprint density at radius 1 is 1.42 bits per heavy atom. The molecule has 19 heavy (non-hydrogen) atoms. The average Bonchev–Trinajstić information content (AvgIpc) is 2.36. The van der Waals surface area contributed by atoms with Gasteiger partial charge < -0.3 is 10.6 Å². The largest absolute Gasteiger partial charge is 0.416 e. The zero-order chi connectivity index (χ0) is 14.6. The second kappa shape index (κ2) is 6.06. The number of hydrogen-bond acceptors (Lipinski definition) is 2. The third-order valence-electron chi connectivity index (χ3n) is 3.01. The van der Waals surface area contributed by atoms with Crippen LogP contribution in [0.2, 0.25) is 0 Å². The van der Waals surface area contributed by atoms with Gasteiger partial charge in [0.2, 0.25) is 5.91 Å². The second-order valence-corrected chi connectivity index (χ2v) is 4.46. The fraction of sp³-hybridized carbons (Fsp3) is 0.462. The maximum absolute atomic E-state index is 12.5. The summed E-state index contributed by atoms with van der Waals surface area (Å²) in [6.45, 7) is 2.09. The molecule has 0 bridgehead atoms. The summed E-state index contributed by atoms with van der Waals surface area (Å²) in [5.41, 5.74) is 5.04. The van der Waals surface area contributed by atoms with Gasteiger partial charge >= 0.3 is 6.18 Å². The molecule has 1 unspecified atom stereocenters. The van der Waals surface area contributed by atoms with Gasteiger partial charge in [-0.3, -0.25) is 4.79 Å². The molecule has 0 aromatic heterocycles. The fourth-order valence-electron chi connectivity index (χ4n) is 1.56. The van der Waals surface area contributed by atoms with Crippen LogP contribution in [0.25, 0.3) is 0 Å². The van der Waals surface area contributed by atoms with Crippen molar-refractivity contribution in [2.45, 2.75) is 25.6 Å². The molecule has 1 aromatic rings. The van der Waals surface area contributed by atoms with Crippen molar-refractivity contribution in [3.05, 3.63) is 35.4 Å². The van der Waals surface area contributed by atoms with Crippen molar-refractivity contribution in [1.82, 2.24) is 4.90 Å². The zero-order valence-corrected chi connectivity index (χ0v) is 10.9. The van der Waals surface area contributed by atoms with Gasteiger partial charge in [0.1, 0.15) is 0 Å². The van der Waals surface area contributed by atoms with Crippen molar-refractivity contribution < 1.29 is 18.0 Å². The minimum Gasteiger partial charge on any atom is -0.341 e. The van der Waals surface area contributed by atoms with Crippen LogP contribution >= 0.6 is 0 Å². The topological polar surface area (TPSA) is 46.3 Å². The van der Waals surface area contributed by atoms with E-state index in [1.807, 2.05) is 0 Å². The molecule has 0 aliphatic heterocycles. The molecular formula is C13H17F3N2O. The van der Waals surface area contributed by atoms with E-state index >= 15 is 0 Å². The number of carbonyl (C=O) groups is 1. The van der Waals surface area contributed by atoms with Crippen LogP contribution in [-0.2, 0) is 17.4 Å². The fourth-order valence-corrected chi connectivity index (χ4v) is 1.56. The minimum absolute atomic E-state index is 0.0647. The summed E-state index contributed by atoms with van der Waals surface area (Å²) in [5, 5.41) is 0. The van der Waals surface area contributed by atoms with Crippen LogP contribution in [0.5, 0.6) is 0 Å². The molecule has 0 fully saturated rings. The van der Waals surface area contributed by atoms with Gasteiger partial charge in [-0.25, -0.2) is 0 Å². The molecule has 6 heteroatoms. The minimum atomic E-state index is -4.39. The number of rotatable bonds is 4. The number of hydrogen-bond donors (Lipinski definition) is 1. The molecule has 0 heterocycles. The Labute approximate surface area is 110 Å².